The summed E-state index contributed by atoms with van der Waals surface area (Å²) in [6.07, 6.45) is 3.32. The third-order valence-electron chi connectivity index (χ3n) is 3.61. The molecule has 0 amide bonds. The molecule has 1 fully saturated rings. The molecule has 1 aromatic rings. The van der Waals surface area contributed by atoms with Crippen molar-refractivity contribution in [3.05, 3.63) is 29.8 Å². The number of nitrogens with zero attached hydrogens (tertiary/aromatic N) is 1. The smallest absolute Gasteiger partial charge is 0.0677 e. The Hall–Kier alpha value is -1.49. The van der Waals surface area contributed by atoms with Crippen LogP contribution in [-0.2, 0) is 0 Å². The molecule has 1 aromatic carbocycles. The van der Waals surface area contributed by atoms with Crippen molar-refractivity contribution in [1.82, 2.24) is 0 Å². The van der Waals surface area contributed by atoms with Crippen molar-refractivity contribution in [2.45, 2.75) is 45.1 Å². The van der Waals surface area contributed by atoms with Gasteiger partial charge in [-0.3, -0.25) is 0 Å². The molecule has 0 spiro atoms. The third-order valence-corrected chi connectivity index (χ3v) is 3.61. The Morgan fingerprint density at radius 2 is 1.94 bits per heavy atom. The van der Waals surface area contributed by atoms with Crippen LogP contribution in [0.4, 0.5) is 5.69 Å². The van der Waals surface area contributed by atoms with Crippen LogP contribution in [0.25, 0.3) is 0 Å². The van der Waals surface area contributed by atoms with Crippen LogP contribution in [0.5, 0.6) is 0 Å². The Kier molecular flexibility index (Phi) is 3.68. The van der Waals surface area contributed by atoms with Crippen LogP contribution in [0.15, 0.2) is 24.3 Å². The van der Waals surface area contributed by atoms with E-state index in [0.717, 1.165) is 18.5 Å². The molecule has 0 aliphatic heterocycles. The molecule has 1 aliphatic rings. The predicted octanol–water partition coefficient (Wildman–Crippen LogP) is 3.91. The highest BCUT2D eigenvalue weighted by Gasteiger charge is 2.26. The lowest BCUT2D eigenvalue weighted by Gasteiger charge is -2.17. The van der Waals surface area contributed by atoms with Gasteiger partial charge in [0.05, 0.1) is 12.0 Å². The van der Waals surface area contributed by atoms with Crippen molar-refractivity contribution >= 4 is 5.69 Å². The fourth-order valence-corrected chi connectivity index (χ4v) is 2.47. The molecule has 17 heavy (non-hydrogen) atoms. The lowest BCUT2D eigenvalue weighted by molar-refractivity contribution is 0.630. The standard InChI is InChI=1S/C15H20N2/c1-11(2)12-6-8-14(9-7-12)17-15-5-3-4-13(15)10-16/h6-9,11,13,15,17H,3-5H2,1-2H3. The molecule has 0 saturated heterocycles. The van der Waals surface area contributed by atoms with Gasteiger partial charge in [0.15, 0.2) is 0 Å². The second-order valence-electron chi connectivity index (χ2n) is 5.19. The van der Waals surface area contributed by atoms with Gasteiger partial charge in [-0.25, -0.2) is 0 Å². The van der Waals surface area contributed by atoms with Crippen LogP contribution in [0, 0.1) is 17.2 Å². The highest BCUT2D eigenvalue weighted by molar-refractivity contribution is 5.46. The van der Waals surface area contributed by atoms with E-state index in [9.17, 15) is 0 Å². The largest absolute Gasteiger partial charge is 0.381 e. The molecule has 2 nitrogen and oxygen atoms in total. The molecule has 0 bridgehead atoms. The van der Waals surface area contributed by atoms with Gasteiger partial charge in [0.1, 0.15) is 0 Å². The van der Waals surface area contributed by atoms with E-state index in [2.05, 4.69) is 49.5 Å². The fourth-order valence-electron chi connectivity index (χ4n) is 2.47. The molecular formula is C15H20N2. The molecule has 2 unspecified atom stereocenters. The molecule has 2 atom stereocenters. The van der Waals surface area contributed by atoms with E-state index in [1.807, 2.05) is 0 Å². The first-order valence-corrected chi connectivity index (χ1v) is 6.47. The van der Waals surface area contributed by atoms with Crippen LogP contribution < -0.4 is 5.32 Å². The van der Waals surface area contributed by atoms with Crippen LogP contribution >= 0.6 is 0 Å². The molecule has 1 aliphatic carbocycles. The van der Waals surface area contributed by atoms with Crippen LogP contribution in [-0.4, -0.2) is 6.04 Å². The summed E-state index contributed by atoms with van der Waals surface area (Å²) < 4.78 is 0. The van der Waals surface area contributed by atoms with E-state index in [0.29, 0.717) is 12.0 Å². The topological polar surface area (TPSA) is 35.8 Å². The maximum atomic E-state index is 9.04. The van der Waals surface area contributed by atoms with E-state index in [1.54, 1.807) is 0 Å². The van der Waals surface area contributed by atoms with Gasteiger partial charge in [0, 0.05) is 11.7 Å². The van der Waals surface area contributed by atoms with Gasteiger partial charge in [0.2, 0.25) is 0 Å². The van der Waals surface area contributed by atoms with Gasteiger partial charge in [0.25, 0.3) is 0 Å². The zero-order valence-electron chi connectivity index (χ0n) is 10.6. The van der Waals surface area contributed by atoms with Crippen molar-refractivity contribution in [3.63, 3.8) is 0 Å². The van der Waals surface area contributed by atoms with Gasteiger partial charge in [-0.2, -0.15) is 5.26 Å². The van der Waals surface area contributed by atoms with E-state index in [-0.39, 0.29) is 5.92 Å². The summed E-state index contributed by atoms with van der Waals surface area (Å²) in [7, 11) is 0. The predicted molar refractivity (Wildman–Crippen MR) is 70.9 cm³/mol. The Morgan fingerprint density at radius 1 is 1.24 bits per heavy atom. The van der Waals surface area contributed by atoms with Crippen LogP contribution in [0.2, 0.25) is 0 Å². The van der Waals surface area contributed by atoms with Gasteiger partial charge >= 0.3 is 0 Å². The minimum absolute atomic E-state index is 0.180. The molecule has 2 heteroatoms. The SMILES string of the molecule is CC(C)c1ccc(NC2CCCC2C#N)cc1. The Labute approximate surface area is 104 Å². The Morgan fingerprint density at radius 3 is 2.53 bits per heavy atom. The number of nitriles is 1. The zero-order chi connectivity index (χ0) is 12.3. The van der Waals surface area contributed by atoms with Crippen molar-refractivity contribution in [3.8, 4) is 6.07 Å². The summed E-state index contributed by atoms with van der Waals surface area (Å²) in [6, 6.07) is 11.3. The highest BCUT2D eigenvalue weighted by atomic mass is 14.9. The minimum atomic E-state index is 0.180. The van der Waals surface area contributed by atoms with Crippen molar-refractivity contribution in [2.75, 3.05) is 5.32 Å². The lowest BCUT2D eigenvalue weighted by Crippen LogP contribution is -2.22. The fraction of sp³-hybridized carbons (Fsp3) is 0.533. The highest BCUT2D eigenvalue weighted by Crippen LogP contribution is 2.28. The number of hydrogen-bond donors (Lipinski definition) is 1. The molecule has 1 saturated carbocycles. The lowest BCUT2D eigenvalue weighted by atomic mass is 10.0. The second-order valence-corrected chi connectivity index (χ2v) is 5.19. The van der Waals surface area contributed by atoms with Crippen molar-refractivity contribution in [1.29, 1.82) is 5.26 Å². The molecule has 2 rings (SSSR count). The first kappa shape index (κ1) is 12.0. The number of hydrogen-bond acceptors (Lipinski definition) is 2. The molecule has 0 aromatic heterocycles. The normalized spacial score (nSPS) is 23.6. The maximum absolute atomic E-state index is 9.04. The second kappa shape index (κ2) is 5.23. The average Bonchev–Trinajstić information content (AvgIpc) is 2.77. The quantitative estimate of drug-likeness (QED) is 0.851. The summed E-state index contributed by atoms with van der Waals surface area (Å²) >= 11 is 0. The molecule has 1 N–H and O–H groups in total. The van der Waals surface area contributed by atoms with Gasteiger partial charge in [-0.15, -0.1) is 0 Å². The van der Waals surface area contributed by atoms with E-state index in [1.165, 1.54) is 12.0 Å². The average molecular weight is 228 g/mol. The molecule has 0 radical (unpaired) electrons. The molecule has 90 valence electrons. The van der Waals surface area contributed by atoms with Gasteiger partial charge in [-0.05, 0) is 42.9 Å². The molecular weight excluding hydrogens is 208 g/mol. The Balaban J connectivity index is 2.02. The Bertz CT molecular complexity index is 400. The summed E-state index contributed by atoms with van der Waals surface area (Å²) in [6.45, 7) is 4.40. The van der Waals surface area contributed by atoms with Gasteiger partial charge < -0.3 is 5.32 Å². The first-order chi connectivity index (χ1) is 8.20. The summed E-state index contributed by atoms with van der Waals surface area (Å²) in [5, 5.41) is 12.5. The van der Waals surface area contributed by atoms with E-state index >= 15 is 0 Å². The van der Waals surface area contributed by atoms with Gasteiger partial charge in [-0.1, -0.05) is 26.0 Å². The number of benzene rings is 1. The van der Waals surface area contributed by atoms with Crippen LogP contribution in [0.3, 0.4) is 0 Å². The van der Waals surface area contributed by atoms with Crippen molar-refractivity contribution in [2.24, 2.45) is 5.92 Å². The first-order valence-electron chi connectivity index (χ1n) is 6.47. The van der Waals surface area contributed by atoms with E-state index < -0.39 is 0 Å². The summed E-state index contributed by atoms with van der Waals surface area (Å²) in [5.41, 5.74) is 2.50. The van der Waals surface area contributed by atoms with Crippen molar-refractivity contribution < 1.29 is 0 Å². The minimum Gasteiger partial charge on any atom is -0.381 e. The third kappa shape index (κ3) is 2.79. The van der Waals surface area contributed by atoms with E-state index in [4.69, 9.17) is 5.26 Å². The van der Waals surface area contributed by atoms with Crippen LogP contribution in [0.1, 0.15) is 44.6 Å². The monoisotopic (exact) mass is 228 g/mol. The maximum Gasteiger partial charge on any atom is 0.0677 e. The number of rotatable bonds is 3. The summed E-state index contributed by atoms with van der Waals surface area (Å²) in [5.74, 6) is 0.752. The summed E-state index contributed by atoms with van der Waals surface area (Å²) in [4.78, 5) is 0. The zero-order valence-corrected chi connectivity index (χ0v) is 10.6. The molecule has 0 heterocycles. The number of nitrogens with one attached hydrogen (secondary N) is 1. The number of anilines is 1.